The molecule has 1 aliphatic carbocycles. The fourth-order valence-electron chi connectivity index (χ4n) is 2.83. The highest BCUT2D eigenvalue weighted by molar-refractivity contribution is 6.32. The first kappa shape index (κ1) is 14.0. The van der Waals surface area contributed by atoms with Crippen molar-refractivity contribution >= 4 is 17.5 Å². The van der Waals surface area contributed by atoms with Gasteiger partial charge in [-0.25, -0.2) is 0 Å². The molecule has 21 heavy (non-hydrogen) atoms. The van der Waals surface area contributed by atoms with Crippen LogP contribution in [-0.2, 0) is 6.42 Å². The lowest BCUT2D eigenvalue weighted by Crippen LogP contribution is -2.27. The highest BCUT2D eigenvalue weighted by atomic mass is 35.5. The molecule has 4 heteroatoms. The van der Waals surface area contributed by atoms with Crippen LogP contribution in [-0.4, -0.2) is 11.0 Å². The van der Waals surface area contributed by atoms with Crippen LogP contribution in [0.3, 0.4) is 0 Å². The zero-order chi connectivity index (χ0) is 15.0. The summed E-state index contributed by atoms with van der Waals surface area (Å²) in [5, 5.41) is 13.0. The van der Waals surface area contributed by atoms with E-state index < -0.39 is 0 Å². The van der Waals surface area contributed by atoms with Crippen LogP contribution in [0.5, 0.6) is 5.75 Å². The predicted molar refractivity (Wildman–Crippen MR) is 82.8 cm³/mol. The molecule has 0 aromatic heterocycles. The number of aromatic hydroxyl groups is 1. The number of phenolic OH excluding ortho intramolecular Hbond substituents is 1. The summed E-state index contributed by atoms with van der Waals surface area (Å²) in [6, 6.07) is 11.1. The molecule has 0 bridgehead atoms. The standard InChI is InChI=1S/C17H16ClNO2/c1-10-5-7-12-11(9-10)6-8-15(12)19-17(21)13-3-2-4-14(18)16(13)20/h2-5,7,9,15,20H,6,8H2,1H3,(H,19,21)/t15-/m1/s1. The number of para-hydroxylation sites is 1. The van der Waals surface area contributed by atoms with Crippen molar-refractivity contribution in [1.82, 2.24) is 5.32 Å². The maximum Gasteiger partial charge on any atom is 0.255 e. The van der Waals surface area contributed by atoms with Crippen LogP contribution in [0, 0.1) is 6.92 Å². The smallest absolute Gasteiger partial charge is 0.255 e. The molecule has 108 valence electrons. The van der Waals surface area contributed by atoms with Crippen molar-refractivity contribution in [2.75, 3.05) is 0 Å². The van der Waals surface area contributed by atoms with Gasteiger partial charge in [0.1, 0.15) is 5.75 Å². The first-order chi connectivity index (χ1) is 10.1. The summed E-state index contributed by atoms with van der Waals surface area (Å²) in [6.45, 7) is 2.07. The Morgan fingerprint density at radius 1 is 1.33 bits per heavy atom. The molecule has 0 heterocycles. The van der Waals surface area contributed by atoms with Crippen LogP contribution >= 0.6 is 11.6 Å². The number of carbonyl (C=O) groups is 1. The van der Waals surface area contributed by atoms with Gasteiger partial charge in [0.2, 0.25) is 0 Å². The van der Waals surface area contributed by atoms with E-state index in [0.717, 1.165) is 18.4 Å². The Balaban J connectivity index is 1.83. The summed E-state index contributed by atoms with van der Waals surface area (Å²) in [6.07, 6.45) is 1.84. The van der Waals surface area contributed by atoms with E-state index in [2.05, 4.69) is 30.4 Å². The molecule has 0 saturated carbocycles. The Labute approximate surface area is 128 Å². The molecule has 0 radical (unpaired) electrons. The van der Waals surface area contributed by atoms with E-state index in [1.807, 2.05) is 0 Å². The van der Waals surface area contributed by atoms with Gasteiger partial charge in [0, 0.05) is 0 Å². The summed E-state index contributed by atoms with van der Waals surface area (Å²) in [7, 11) is 0. The second-order valence-corrected chi connectivity index (χ2v) is 5.81. The van der Waals surface area contributed by atoms with Crippen molar-refractivity contribution in [2.45, 2.75) is 25.8 Å². The molecule has 0 saturated heterocycles. The fourth-order valence-corrected chi connectivity index (χ4v) is 3.01. The van der Waals surface area contributed by atoms with Crippen molar-refractivity contribution in [2.24, 2.45) is 0 Å². The third-order valence-electron chi connectivity index (χ3n) is 3.91. The minimum absolute atomic E-state index is 0.00789. The lowest BCUT2D eigenvalue weighted by Gasteiger charge is -2.15. The van der Waals surface area contributed by atoms with Gasteiger partial charge in [-0.15, -0.1) is 0 Å². The molecule has 3 rings (SSSR count). The number of nitrogens with one attached hydrogen (secondary N) is 1. The number of fused-ring (bicyclic) bond motifs is 1. The maximum atomic E-state index is 12.3. The van der Waals surface area contributed by atoms with Gasteiger partial charge in [-0.3, -0.25) is 4.79 Å². The van der Waals surface area contributed by atoms with E-state index in [1.54, 1.807) is 18.2 Å². The van der Waals surface area contributed by atoms with Crippen molar-refractivity contribution in [1.29, 1.82) is 0 Å². The summed E-state index contributed by atoms with van der Waals surface area (Å²) < 4.78 is 0. The summed E-state index contributed by atoms with van der Waals surface area (Å²) in [4.78, 5) is 12.3. The molecule has 1 aliphatic rings. The highest BCUT2D eigenvalue weighted by Crippen LogP contribution is 2.33. The van der Waals surface area contributed by atoms with Gasteiger partial charge in [-0.2, -0.15) is 0 Å². The first-order valence-corrected chi connectivity index (χ1v) is 7.32. The molecule has 0 unspecified atom stereocenters. The molecule has 2 N–H and O–H groups in total. The Morgan fingerprint density at radius 3 is 2.95 bits per heavy atom. The average molecular weight is 302 g/mol. The van der Waals surface area contributed by atoms with Gasteiger partial charge in [-0.1, -0.05) is 41.4 Å². The van der Waals surface area contributed by atoms with Crippen molar-refractivity contribution in [3.63, 3.8) is 0 Å². The van der Waals surface area contributed by atoms with E-state index in [-0.39, 0.29) is 28.3 Å². The van der Waals surface area contributed by atoms with Crippen LogP contribution in [0.4, 0.5) is 0 Å². The Morgan fingerprint density at radius 2 is 2.14 bits per heavy atom. The largest absolute Gasteiger partial charge is 0.506 e. The van der Waals surface area contributed by atoms with Gasteiger partial charge in [0.05, 0.1) is 16.6 Å². The second kappa shape index (κ2) is 5.41. The molecule has 0 aliphatic heterocycles. The fraction of sp³-hybridized carbons (Fsp3) is 0.235. The van der Waals surface area contributed by atoms with Crippen LogP contribution in [0.15, 0.2) is 36.4 Å². The van der Waals surface area contributed by atoms with E-state index in [1.165, 1.54) is 11.1 Å². The van der Waals surface area contributed by atoms with E-state index >= 15 is 0 Å². The second-order valence-electron chi connectivity index (χ2n) is 5.40. The average Bonchev–Trinajstić information content (AvgIpc) is 2.84. The number of phenols is 1. The summed E-state index contributed by atoms with van der Waals surface area (Å²) >= 11 is 5.84. The summed E-state index contributed by atoms with van der Waals surface area (Å²) in [5.74, 6) is -0.466. The molecular weight excluding hydrogens is 286 g/mol. The maximum absolute atomic E-state index is 12.3. The topological polar surface area (TPSA) is 49.3 Å². The predicted octanol–water partition coefficient (Wildman–Crippen LogP) is 3.77. The molecule has 3 nitrogen and oxygen atoms in total. The SMILES string of the molecule is Cc1ccc2c(c1)CC[C@H]2NC(=O)c1cccc(Cl)c1O. The number of halogens is 1. The number of carbonyl (C=O) groups excluding carboxylic acids is 1. The van der Waals surface area contributed by atoms with Crippen molar-refractivity contribution in [3.05, 3.63) is 63.7 Å². The zero-order valence-corrected chi connectivity index (χ0v) is 12.4. The Bertz CT molecular complexity index is 712. The van der Waals surface area contributed by atoms with Crippen LogP contribution in [0.25, 0.3) is 0 Å². The molecule has 1 atom stereocenters. The molecule has 2 aromatic carbocycles. The van der Waals surface area contributed by atoms with Gasteiger partial charge in [-0.05, 0) is 43.0 Å². The molecular formula is C17H16ClNO2. The molecule has 1 amide bonds. The van der Waals surface area contributed by atoms with Gasteiger partial charge < -0.3 is 10.4 Å². The van der Waals surface area contributed by atoms with E-state index in [4.69, 9.17) is 11.6 Å². The monoisotopic (exact) mass is 301 g/mol. The molecule has 2 aromatic rings. The van der Waals surface area contributed by atoms with E-state index in [9.17, 15) is 9.90 Å². The van der Waals surface area contributed by atoms with Crippen LogP contribution in [0.2, 0.25) is 5.02 Å². The third kappa shape index (κ3) is 2.61. The number of amides is 1. The quantitative estimate of drug-likeness (QED) is 0.887. The van der Waals surface area contributed by atoms with Gasteiger partial charge in [0.25, 0.3) is 5.91 Å². The normalized spacial score (nSPS) is 16.6. The highest BCUT2D eigenvalue weighted by Gasteiger charge is 2.25. The van der Waals surface area contributed by atoms with Crippen molar-refractivity contribution < 1.29 is 9.90 Å². The Kier molecular flexibility index (Phi) is 3.60. The van der Waals surface area contributed by atoms with Gasteiger partial charge in [0.15, 0.2) is 0 Å². The molecule has 0 spiro atoms. The zero-order valence-electron chi connectivity index (χ0n) is 11.7. The number of benzene rings is 2. The number of hydrogen-bond donors (Lipinski definition) is 2. The van der Waals surface area contributed by atoms with Crippen molar-refractivity contribution in [3.8, 4) is 5.75 Å². The minimum Gasteiger partial charge on any atom is -0.506 e. The molecule has 0 fully saturated rings. The van der Waals surface area contributed by atoms with Crippen LogP contribution in [0.1, 0.15) is 39.5 Å². The summed E-state index contributed by atoms with van der Waals surface area (Å²) in [5.41, 5.74) is 3.89. The number of rotatable bonds is 2. The lowest BCUT2D eigenvalue weighted by molar-refractivity contribution is 0.0934. The van der Waals surface area contributed by atoms with Crippen LogP contribution < -0.4 is 5.32 Å². The lowest BCUT2D eigenvalue weighted by atomic mass is 10.0. The van der Waals surface area contributed by atoms with E-state index in [0.29, 0.717) is 0 Å². The first-order valence-electron chi connectivity index (χ1n) is 6.94. The minimum atomic E-state index is -0.298. The number of hydrogen-bond acceptors (Lipinski definition) is 2. The van der Waals surface area contributed by atoms with Gasteiger partial charge >= 0.3 is 0 Å². The third-order valence-corrected chi connectivity index (χ3v) is 4.22. The number of aryl methyl sites for hydroxylation is 2. The Hall–Kier alpha value is -2.00.